The molecule has 5 heteroatoms. The van der Waals surface area contributed by atoms with Gasteiger partial charge in [0, 0.05) is 24.1 Å². The number of carbonyl (C=O) groups is 1. The molecule has 1 aromatic carbocycles. The molecule has 2 fully saturated rings. The van der Waals surface area contributed by atoms with E-state index in [2.05, 4.69) is 10.2 Å². The first kappa shape index (κ1) is 17.1. The van der Waals surface area contributed by atoms with Crippen LogP contribution in [0, 0.1) is 5.92 Å². The summed E-state index contributed by atoms with van der Waals surface area (Å²) < 4.78 is 5.17. The normalized spacial score (nSPS) is 20.2. The van der Waals surface area contributed by atoms with Crippen LogP contribution in [0.1, 0.15) is 44.1 Å². The van der Waals surface area contributed by atoms with Crippen molar-refractivity contribution in [2.24, 2.45) is 5.92 Å². The molecule has 0 atom stereocenters. The number of aromatic hydroxyl groups is 1. The molecule has 1 aromatic rings. The lowest BCUT2D eigenvalue weighted by atomic mass is 9.95. The third-order valence-corrected chi connectivity index (χ3v) is 5.36. The topological polar surface area (TPSA) is 61.8 Å². The molecular weight excluding hydrogens is 304 g/mol. The van der Waals surface area contributed by atoms with Gasteiger partial charge < -0.3 is 15.2 Å². The number of hydrogen-bond acceptors (Lipinski definition) is 4. The van der Waals surface area contributed by atoms with E-state index in [4.69, 9.17) is 4.74 Å². The van der Waals surface area contributed by atoms with E-state index in [0.717, 1.165) is 44.3 Å². The summed E-state index contributed by atoms with van der Waals surface area (Å²) in [5.41, 5.74) is 0.878. The number of ether oxygens (including phenoxy) is 1. The quantitative estimate of drug-likeness (QED) is 0.870. The lowest BCUT2D eigenvalue weighted by Crippen LogP contribution is -2.43. The van der Waals surface area contributed by atoms with Crippen molar-refractivity contribution in [2.45, 2.75) is 51.1 Å². The Morgan fingerprint density at radius 2 is 1.96 bits per heavy atom. The SMILES string of the molecule is COc1cccc(CN2CCC(C(=O)NC3CCCC3)CC2)c1O. The van der Waals surface area contributed by atoms with Gasteiger partial charge in [-0.1, -0.05) is 25.0 Å². The summed E-state index contributed by atoms with van der Waals surface area (Å²) in [7, 11) is 1.56. The molecule has 24 heavy (non-hydrogen) atoms. The smallest absolute Gasteiger partial charge is 0.223 e. The number of benzene rings is 1. The number of rotatable bonds is 5. The van der Waals surface area contributed by atoms with E-state index in [1.54, 1.807) is 13.2 Å². The molecule has 2 aliphatic rings. The highest BCUT2D eigenvalue weighted by Gasteiger charge is 2.27. The molecule has 1 heterocycles. The highest BCUT2D eigenvalue weighted by atomic mass is 16.5. The van der Waals surface area contributed by atoms with Crippen molar-refractivity contribution in [3.05, 3.63) is 23.8 Å². The molecule has 5 nitrogen and oxygen atoms in total. The first-order valence-corrected chi connectivity index (χ1v) is 9.05. The van der Waals surface area contributed by atoms with Crippen LogP contribution in [0.25, 0.3) is 0 Å². The summed E-state index contributed by atoms with van der Waals surface area (Å²) >= 11 is 0. The second kappa shape index (κ2) is 7.88. The highest BCUT2D eigenvalue weighted by Crippen LogP contribution is 2.31. The number of amides is 1. The summed E-state index contributed by atoms with van der Waals surface area (Å²) in [4.78, 5) is 14.7. The molecular formula is C19H28N2O3. The van der Waals surface area contributed by atoms with Crippen LogP contribution in [0.15, 0.2) is 18.2 Å². The number of phenolic OH excluding ortho intramolecular Hbond substituents is 1. The molecule has 2 N–H and O–H groups in total. The number of hydrogen-bond donors (Lipinski definition) is 2. The standard InChI is InChI=1S/C19H28N2O3/c1-24-17-8-4-5-15(18(17)22)13-21-11-9-14(10-12-21)19(23)20-16-6-2-3-7-16/h4-5,8,14,16,22H,2-3,6-7,9-13H2,1H3,(H,20,23). The Morgan fingerprint density at radius 1 is 1.25 bits per heavy atom. The summed E-state index contributed by atoms with van der Waals surface area (Å²) in [5.74, 6) is 1.12. The first-order chi connectivity index (χ1) is 11.7. The van der Waals surface area contributed by atoms with Crippen molar-refractivity contribution < 1.29 is 14.6 Å². The molecule has 132 valence electrons. The van der Waals surface area contributed by atoms with Gasteiger partial charge in [0.25, 0.3) is 0 Å². The van der Waals surface area contributed by atoms with Crippen LogP contribution in [-0.4, -0.2) is 42.2 Å². The Labute approximate surface area is 144 Å². The molecule has 1 aliphatic carbocycles. The average molecular weight is 332 g/mol. The second-order valence-electron chi connectivity index (χ2n) is 7.01. The molecule has 1 saturated carbocycles. The number of methoxy groups -OCH3 is 1. The van der Waals surface area contributed by atoms with E-state index in [-0.39, 0.29) is 17.6 Å². The third kappa shape index (κ3) is 4.01. The van der Waals surface area contributed by atoms with Crippen molar-refractivity contribution in [3.8, 4) is 11.5 Å². The van der Waals surface area contributed by atoms with Gasteiger partial charge in [-0.3, -0.25) is 9.69 Å². The Balaban J connectivity index is 1.49. The van der Waals surface area contributed by atoms with Gasteiger partial charge in [0.2, 0.25) is 5.91 Å². The number of nitrogens with zero attached hydrogens (tertiary/aromatic N) is 1. The van der Waals surface area contributed by atoms with Crippen LogP contribution in [0.4, 0.5) is 0 Å². The van der Waals surface area contributed by atoms with E-state index < -0.39 is 0 Å². The molecule has 0 spiro atoms. The molecule has 0 unspecified atom stereocenters. The van der Waals surface area contributed by atoms with Crippen LogP contribution in [0.5, 0.6) is 11.5 Å². The number of phenols is 1. The number of para-hydroxylation sites is 1. The van der Waals surface area contributed by atoms with Crippen LogP contribution in [0.3, 0.4) is 0 Å². The molecule has 1 saturated heterocycles. The van der Waals surface area contributed by atoms with Gasteiger partial charge >= 0.3 is 0 Å². The van der Waals surface area contributed by atoms with Gasteiger partial charge in [-0.15, -0.1) is 0 Å². The van der Waals surface area contributed by atoms with Gasteiger partial charge in [0.1, 0.15) is 0 Å². The molecule has 3 rings (SSSR count). The fourth-order valence-electron chi connectivity index (χ4n) is 3.84. The van der Waals surface area contributed by atoms with Gasteiger partial charge in [0.15, 0.2) is 11.5 Å². The van der Waals surface area contributed by atoms with E-state index in [0.29, 0.717) is 18.3 Å². The zero-order valence-electron chi connectivity index (χ0n) is 14.5. The number of likely N-dealkylation sites (tertiary alicyclic amines) is 1. The maximum Gasteiger partial charge on any atom is 0.223 e. The van der Waals surface area contributed by atoms with Gasteiger partial charge in [-0.25, -0.2) is 0 Å². The first-order valence-electron chi connectivity index (χ1n) is 9.05. The van der Waals surface area contributed by atoms with Crippen LogP contribution in [0.2, 0.25) is 0 Å². The molecule has 0 bridgehead atoms. The summed E-state index contributed by atoms with van der Waals surface area (Å²) in [5, 5.41) is 13.4. The Hall–Kier alpha value is -1.75. The minimum atomic E-state index is 0.140. The Bertz CT molecular complexity index is 562. The number of piperidine rings is 1. The fourth-order valence-corrected chi connectivity index (χ4v) is 3.84. The average Bonchev–Trinajstić information content (AvgIpc) is 3.10. The maximum absolute atomic E-state index is 12.4. The fraction of sp³-hybridized carbons (Fsp3) is 0.632. The second-order valence-corrected chi connectivity index (χ2v) is 7.01. The van der Waals surface area contributed by atoms with Gasteiger partial charge in [-0.05, 0) is 44.8 Å². The third-order valence-electron chi connectivity index (χ3n) is 5.36. The largest absolute Gasteiger partial charge is 0.504 e. The number of carbonyl (C=O) groups excluding carboxylic acids is 1. The minimum absolute atomic E-state index is 0.140. The van der Waals surface area contributed by atoms with Crippen LogP contribution >= 0.6 is 0 Å². The van der Waals surface area contributed by atoms with Crippen LogP contribution in [-0.2, 0) is 11.3 Å². The zero-order valence-corrected chi connectivity index (χ0v) is 14.5. The van der Waals surface area contributed by atoms with E-state index >= 15 is 0 Å². The Morgan fingerprint density at radius 3 is 2.62 bits per heavy atom. The molecule has 0 radical (unpaired) electrons. The number of nitrogens with one attached hydrogen (secondary N) is 1. The zero-order chi connectivity index (χ0) is 16.9. The van der Waals surface area contributed by atoms with Crippen LogP contribution < -0.4 is 10.1 Å². The van der Waals surface area contributed by atoms with Gasteiger partial charge in [-0.2, -0.15) is 0 Å². The van der Waals surface area contributed by atoms with Crippen molar-refractivity contribution in [3.63, 3.8) is 0 Å². The lowest BCUT2D eigenvalue weighted by Gasteiger charge is -2.32. The minimum Gasteiger partial charge on any atom is -0.504 e. The lowest BCUT2D eigenvalue weighted by molar-refractivity contribution is -0.127. The highest BCUT2D eigenvalue weighted by molar-refractivity contribution is 5.79. The predicted molar refractivity (Wildman–Crippen MR) is 93.1 cm³/mol. The molecule has 1 amide bonds. The molecule has 1 aliphatic heterocycles. The van der Waals surface area contributed by atoms with Crippen molar-refractivity contribution >= 4 is 5.91 Å². The van der Waals surface area contributed by atoms with Crippen molar-refractivity contribution in [1.82, 2.24) is 10.2 Å². The predicted octanol–water partition coefficient (Wildman–Crippen LogP) is 2.67. The maximum atomic E-state index is 12.4. The molecule has 0 aromatic heterocycles. The summed E-state index contributed by atoms with van der Waals surface area (Å²) in [6.07, 6.45) is 6.55. The van der Waals surface area contributed by atoms with E-state index in [1.807, 2.05) is 12.1 Å². The van der Waals surface area contributed by atoms with E-state index in [9.17, 15) is 9.90 Å². The summed E-state index contributed by atoms with van der Waals surface area (Å²) in [6, 6.07) is 5.99. The Kier molecular flexibility index (Phi) is 5.61. The van der Waals surface area contributed by atoms with Crippen molar-refractivity contribution in [2.75, 3.05) is 20.2 Å². The monoisotopic (exact) mass is 332 g/mol. The van der Waals surface area contributed by atoms with Gasteiger partial charge in [0.05, 0.1) is 7.11 Å². The van der Waals surface area contributed by atoms with E-state index in [1.165, 1.54) is 12.8 Å². The summed E-state index contributed by atoms with van der Waals surface area (Å²) in [6.45, 7) is 2.47. The van der Waals surface area contributed by atoms with Crippen molar-refractivity contribution in [1.29, 1.82) is 0 Å².